The minimum Gasteiger partial charge on any atom is -0.481 e. The molecule has 2 aromatic rings. The van der Waals surface area contributed by atoms with Crippen LogP contribution in [0.4, 0.5) is 0 Å². The molecule has 0 fully saturated rings. The van der Waals surface area contributed by atoms with E-state index in [-0.39, 0.29) is 36.1 Å². The maximum Gasteiger partial charge on any atom is 0.309 e. The van der Waals surface area contributed by atoms with Crippen LogP contribution in [0.15, 0.2) is 60.7 Å². The fourth-order valence-corrected chi connectivity index (χ4v) is 10.00. The van der Waals surface area contributed by atoms with Crippen LogP contribution in [0.1, 0.15) is 81.1 Å². The van der Waals surface area contributed by atoms with Gasteiger partial charge in [-0.15, -0.1) is 0 Å². The zero-order valence-electron chi connectivity index (χ0n) is 25.9. The van der Waals surface area contributed by atoms with E-state index < -0.39 is 44.5 Å². The Morgan fingerprint density at radius 1 is 0.756 bits per heavy atom. The van der Waals surface area contributed by atoms with Crippen LogP contribution in [0.3, 0.4) is 0 Å². The Morgan fingerprint density at radius 3 is 1.66 bits per heavy atom. The second-order valence-corrected chi connectivity index (χ2v) is 16.9. The van der Waals surface area contributed by atoms with Crippen molar-refractivity contribution in [1.82, 2.24) is 0 Å². The summed E-state index contributed by atoms with van der Waals surface area (Å²) in [6, 6.07) is 20.5. The van der Waals surface area contributed by atoms with Crippen molar-refractivity contribution in [2.75, 3.05) is 0 Å². The van der Waals surface area contributed by atoms with Crippen LogP contribution < -0.4 is 10.4 Å². The van der Waals surface area contributed by atoms with Crippen LogP contribution in [0.2, 0.25) is 5.04 Å². The predicted molar refractivity (Wildman–Crippen MR) is 164 cm³/mol. The highest BCUT2D eigenvalue weighted by Crippen LogP contribution is 2.38. The quantitative estimate of drug-likeness (QED) is 0.211. The van der Waals surface area contributed by atoms with Crippen molar-refractivity contribution in [3.05, 3.63) is 60.7 Å². The fraction of sp³-hybridized carbons (Fsp3) is 0.545. The van der Waals surface area contributed by atoms with Gasteiger partial charge in [-0.1, -0.05) is 109 Å². The van der Waals surface area contributed by atoms with E-state index in [0.29, 0.717) is 6.42 Å². The number of aliphatic carboxylic acids is 1. The Morgan fingerprint density at radius 2 is 1.24 bits per heavy atom. The molecule has 0 unspecified atom stereocenters. The average molecular weight is 585 g/mol. The molecule has 0 heterocycles. The Hall–Kier alpha value is -2.97. The van der Waals surface area contributed by atoms with Gasteiger partial charge < -0.3 is 19.0 Å². The van der Waals surface area contributed by atoms with Gasteiger partial charge in [0.05, 0.1) is 25.4 Å². The van der Waals surface area contributed by atoms with Crippen molar-refractivity contribution >= 4 is 36.6 Å². The first kappa shape index (κ1) is 34.2. The molecule has 226 valence electrons. The summed E-state index contributed by atoms with van der Waals surface area (Å²) < 4.78 is 18.2. The molecule has 0 radical (unpaired) electrons. The van der Waals surface area contributed by atoms with Crippen molar-refractivity contribution in [3.63, 3.8) is 0 Å². The minimum absolute atomic E-state index is 0.0253. The monoisotopic (exact) mass is 584 g/mol. The summed E-state index contributed by atoms with van der Waals surface area (Å²) in [5, 5.41) is 11.2. The smallest absolute Gasteiger partial charge is 0.309 e. The number of carbonyl (C=O) groups is 3. The number of hydrogen-bond acceptors (Lipinski definition) is 6. The van der Waals surface area contributed by atoms with Gasteiger partial charge in [0.1, 0.15) is 12.2 Å². The Balaban J connectivity index is 2.21. The van der Waals surface area contributed by atoms with Gasteiger partial charge in [-0.25, -0.2) is 0 Å². The largest absolute Gasteiger partial charge is 0.481 e. The molecule has 1 N–H and O–H groups in total. The lowest BCUT2D eigenvalue weighted by Crippen LogP contribution is -2.68. The molecule has 0 aliphatic heterocycles. The Bertz CT molecular complexity index is 1070. The van der Waals surface area contributed by atoms with E-state index in [0.717, 1.165) is 10.4 Å². The molecule has 0 aromatic heterocycles. The molecule has 0 amide bonds. The molecular formula is C33H48O7Si. The van der Waals surface area contributed by atoms with Crippen LogP contribution in [-0.4, -0.2) is 49.6 Å². The summed E-state index contributed by atoms with van der Waals surface area (Å²) in [5.74, 6) is -1.86. The Labute approximate surface area is 246 Å². The molecule has 2 aromatic carbocycles. The van der Waals surface area contributed by atoms with Gasteiger partial charge in [-0.05, 0) is 40.6 Å². The maximum absolute atomic E-state index is 13.2. The van der Waals surface area contributed by atoms with Crippen LogP contribution in [0.5, 0.6) is 0 Å². The number of carbonyl (C=O) groups excluding carboxylic acids is 2. The molecule has 0 aliphatic rings. The lowest BCUT2D eigenvalue weighted by Gasteiger charge is -2.45. The summed E-state index contributed by atoms with van der Waals surface area (Å²) in [5.41, 5.74) is 0. The minimum atomic E-state index is -2.88. The van der Waals surface area contributed by atoms with E-state index >= 15 is 0 Å². The van der Waals surface area contributed by atoms with Gasteiger partial charge in [-0.3, -0.25) is 14.4 Å². The van der Waals surface area contributed by atoms with Gasteiger partial charge >= 0.3 is 17.9 Å². The van der Waals surface area contributed by atoms with Crippen LogP contribution >= 0.6 is 0 Å². The molecular weight excluding hydrogens is 536 g/mol. The summed E-state index contributed by atoms with van der Waals surface area (Å²) >= 11 is 0. The second-order valence-electron chi connectivity index (χ2n) is 12.6. The summed E-state index contributed by atoms with van der Waals surface area (Å²) in [4.78, 5) is 36.9. The highest BCUT2D eigenvalue weighted by atomic mass is 28.4. The molecule has 2 rings (SSSR count). The number of benzene rings is 2. The summed E-state index contributed by atoms with van der Waals surface area (Å²) in [7, 11) is -2.88. The number of carboxylic acids is 1. The lowest BCUT2D eigenvalue weighted by atomic mass is 10.0. The van der Waals surface area contributed by atoms with E-state index in [1.807, 2.05) is 64.1 Å². The topological polar surface area (TPSA) is 99.1 Å². The number of esters is 2. The van der Waals surface area contributed by atoms with Gasteiger partial charge in [0.25, 0.3) is 8.32 Å². The van der Waals surface area contributed by atoms with E-state index in [1.54, 1.807) is 6.92 Å². The molecule has 8 heteroatoms. The predicted octanol–water partition coefficient (Wildman–Crippen LogP) is 5.73. The first-order chi connectivity index (χ1) is 19.2. The number of ether oxygens (including phenoxy) is 2. The van der Waals surface area contributed by atoms with E-state index in [4.69, 9.17) is 19.0 Å². The van der Waals surface area contributed by atoms with E-state index in [2.05, 4.69) is 45.0 Å². The SMILES string of the molecule is CC(C)C[C@H](CC(=O)O)OC(=O)C[C@@H](C)OC(=O)C[C@H](O[Si](c1ccccc1)(c1ccccc1)C(C)(C)C)C(C)C. The zero-order valence-corrected chi connectivity index (χ0v) is 26.9. The molecule has 0 aliphatic carbocycles. The molecule has 7 nitrogen and oxygen atoms in total. The molecule has 0 saturated heterocycles. The van der Waals surface area contributed by atoms with Crippen LogP contribution in [0.25, 0.3) is 0 Å². The summed E-state index contributed by atoms with van der Waals surface area (Å²) in [6.07, 6.45) is -1.78. The van der Waals surface area contributed by atoms with Crippen molar-refractivity contribution < 1.29 is 33.4 Å². The van der Waals surface area contributed by atoms with E-state index in [1.165, 1.54) is 0 Å². The third-order valence-electron chi connectivity index (χ3n) is 7.08. The molecule has 41 heavy (non-hydrogen) atoms. The molecule has 0 bridgehead atoms. The third kappa shape index (κ3) is 10.1. The van der Waals surface area contributed by atoms with Crippen LogP contribution in [0, 0.1) is 11.8 Å². The molecule has 3 atom stereocenters. The second kappa shape index (κ2) is 15.3. The average Bonchev–Trinajstić information content (AvgIpc) is 2.85. The maximum atomic E-state index is 13.2. The highest BCUT2D eigenvalue weighted by Gasteiger charge is 2.52. The van der Waals surface area contributed by atoms with Gasteiger partial charge in [0.15, 0.2) is 0 Å². The highest BCUT2D eigenvalue weighted by molar-refractivity contribution is 6.99. The van der Waals surface area contributed by atoms with Crippen molar-refractivity contribution in [3.8, 4) is 0 Å². The van der Waals surface area contributed by atoms with Gasteiger partial charge in [0.2, 0.25) is 0 Å². The Kier molecular flexibility index (Phi) is 12.8. The van der Waals surface area contributed by atoms with Gasteiger partial charge in [-0.2, -0.15) is 0 Å². The third-order valence-corrected chi connectivity index (χ3v) is 12.1. The molecule has 0 saturated carbocycles. The van der Waals surface area contributed by atoms with Crippen molar-refractivity contribution in [1.29, 1.82) is 0 Å². The number of rotatable bonds is 15. The standard InChI is InChI=1S/C33H48O7Si/c1-23(2)19-26(21-30(34)35)39-31(36)20-25(5)38-32(37)22-29(24(3)4)40-41(33(6,7)8,27-15-11-9-12-16-27)28-17-13-10-14-18-28/h9-18,23-26,29H,19-22H2,1-8H3,(H,34,35)/t25-,26-,29+/m1/s1. The number of carboxylic acid groups (broad SMARTS) is 1. The zero-order chi connectivity index (χ0) is 30.8. The normalized spacial score (nSPS) is 14.4. The first-order valence-corrected chi connectivity index (χ1v) is 16.5. The fourth-order valence-electron chi connectivity index (χ4n) is 5.17. The number of hydrogen-bond donors (Lipinski definition) is 1. The van der Waals surface area contributed by atoms with Crippen molar-refractivity contribution in [2.45, 2.75) is 104 Å². The summed E-state index contributed by atoms with van der Waals surface area (Å²) in [6.45, 7) is 16.2. The lowest BCUT2D eigenvalue weighted by molar-refractivity contribution is -0.159. The van der Waals surface area contributed by atoms with Gasteiger partial charge in [0, 0.05) is 0 Å². The van der Waals surface area contributed by atoms with E-state index in [9.17, 15) is 14.4 Å². The molecule has 0 spiro atoms. The first-order valence-electron chi connectivity index (χ1n) is 14.5. The van der Waals surface area contributed by atoms with Crippen LogP contribution in [-0.2, 0) is 28.3 Å². The van der Waals surface area contributed by atoms with Crippen molar-refractivity contribution in [2.24, 2.45) is 11.8 Å².